The Kier molecular flexibility index (Phi) is 4.98. The number of aryl methyl sites for hydroxylation is 1. The highest BCUT2D eigenvalue weighted by Gasteiger charge is 2.07. The number of nitrogens with one attached hydrogen (secondary N) is 1. The van der Waals surface area contributed by atoms with Crippen LogP contribution in [0.4, 0.5) is 5.69 Å². The monoisotopic (exact) mass is 249 g/mol. The molecule has 0 aliphatic rings. The molecule has 0 aromatic carbocycles. The fraction of sp³-hybridized carbons (Fsp3) is 0.333. The molecule has 0 unspecified atom stereocenters. The lowest BCUT2D eigenvalue weighted by atomic mass is 10.1. The second-order valence-corrected chi connectivity index (χ2v) is 3.80. The highest BCUT2D eigenvalue weighted by atomic mass is 16.6. The molecule has 1 amide bonds. The molecular formula is C12H15N3O3. The molecule has 1 aromatic rings. The van der Waals surface area contributed by atoms with Crippen LogP contribution in [0.25, 0.3) is 6.08 Å². The van der Waals surface area contributed by atoms with Gasteiger partial charge in [-0.25, -0.2) is 0 Å². The molecule has 1 aromatic heterocycles. The highest BCUT2D eigenvalue weighted by molar-refractivity contribution is 5.72. The average molecular weight is 249 g/mol. The van der Waals surface area contributed by atoms with Crippen LogP contribution in [0.2, 0.25) is 0 Å². The second kappa shape index (κ2) is 6.48. The lowest BCUT2D eigenvalue weighted by Crippen LogP contribution is -2.20. The van der Waals surface area contributed by atoms with Gasteiger partial charge in [0.05, 0.1) is 4.92 Å². The molecule has 18 heavy (non-hydrogen) atoms. The van der Waals surface area contributed by atoms with Crippen molar-refractivity contribution in [2.45, 2.75) is 20.3 Å². The van der Waals surface area contributed by atoms with Gasteiger partial charge >= 0.3 is 0 Å². The molecule has 0 aliphatic heterocycles. The number of rotatable bonds is 5. The van der Waals surface area contributed by atoms with E-state index in [0.29, 0.717) is 18.5 Å². The van der Waals surface area contributed by atoms with Gasteiger partial charge in [0.2, 0.25) is 5.91 Å². The topological polar surface area (TPSA) is 85.1 Å². The molecule has 1 N–H and O–H groups in total. The Balaban J connectivity index is 2.65. The van der Waals surface area contributed by atoms with Crippen LogP contribution < -0.4 is 5.32 Å². The van der Waals surface area contributed by atoms with Crippen molar-refractivity contribution < 1.29 is 9.72 Å². The van der Waals surface area contributed by atoms with Crippen LogP contribution in [0.15, 0.2) is 18.3 Å². The third-order valence-corrected chi connectivity index (χ3v) is 2.30. The van der Waals surface area contributed by atoms with Gasteiger partial charge in [-0.3, -0.25) is 19.9 Å². The summed E-state index contributed by atoms with van der Waals surface area (Å²) < 4.78 is 0. The molecule has 1 rings (SSSR count). The number of carbonyl (C=O) groups excluding carboxylic acids is 1. The number of amides is 1. The SMILES string of the molecule is CC(=O)NCCC=Cc1cc([N+](=O)[O-])cnc1C. The summed E-state index contributed by atoms with van der Waals surface area (Å²) in [6, 6.07) is 1.48. The number of carbonyl (C=O) groups is 1. The van der Waals surface area contributed by atoms with Gasteiger partial charge in [0.25, 0.3) is 5.69 Å². The van der Waals surface area contributed by atoms with Crippen molar-refractivity contribution in [1.29, 1.82) is 0 Å². The predicted octanol–water partition coefficient (Wildman–Crippen LogP) is 1.84. The van der Waals surface area contributed by atoms with Crippen molar-refractivity contribution in [1.82, 2.24) is 10.3 Å². The third kappa shape index (κ3) is 4.32. The Hall–Kier alpha value is -2.24. The predicted molar refractivity (Wildman–Crippen MR) is 68.0 cm³/mol. The normalized spacial score (nSPS) is 10.6. The summed E-state index contributed by atoms with van der Waals surface area (Å²) in [5, 5.41) is 13.3. The van der Waals surface area contributed by atoms with Gasteiger partial charge in [0, 0.05) is 30.8 Å². The first-order valence-corrected chi connectivity index (χ1v) is 5.52. The third-order valence-electron chi connectivity index (χ3n) is 2.30. The first kappa shape index (κ1) is 13.8. The van der Waals surface area contributed by atoms with Crippen LogP contribution in [0, 0.1) is 17.0 Å². The summed E-state index contributed by atoms with van der Waals surface area (Å²) in [5.41, 5.74) is 1.42. The van der Waals surface area contributed by atoms with Gasteiger partial charge in [0.1, 0.15) is 6.20 Å². The maximum absolute atomic E-state index is 10.6. The van der Waals surface area contributed by atoms with Crippen LogP contribution in [-0.2, 0) is 4.79 Å². The molecule has 96 valence electrons. The fourth-order valence-corrected chi connectivity index (χ4v) is 1.35. The quantitative estimate of drug-likeness (QED) is 0.490. The molecule has 0 radical (unpaired) electrons. The van der Waals surface area contributed by atoms with Gasteiger partial charge in [0.15, 0.2) is 0 Å². The van der Waals surface area contributed by atoms with Crippen molar-refractivity contribution >= 4 is 17.7 Å². The van der Waals surface area contributed by atoms with E-state index >= 15 is 0 Å². The number of nitrogens with zero attached hydrogens (tertiary/aromatic N) is 2. The Bertz CT molecular complexity index is 483. The zero-order valence-electron chi connectivity index (χ0n) is 10.3. The van der Waals surface area contributed by atoms with Crippen molar-refractivity contribution in [2.75, 3.05) is 6.54 Å². The molecule has 0 aliphatic carbocycles. The van der Waals surface area contributed by atoms with E-state index < -0.39 is 4.92 Å². The number of hydrogen-bond donors (Lipinski definition) is 1. The van der Waals surface area contributed by atoms with E-state index in [1.807, 2.05) is 6.08 Å². The molecule has 0 bridgehead atoms. The summed E-state index contributed by atoms with van der Waals surface area (Å²) in [5.74, 6) is -0.0726. The first-order chi connectivity index (χ1) is 8.50. The summed E-state index contributed by atoms with van der Waals surface area (Å²) in [7, 11) is 0. The minimum absolute atomic E-state index is 0.0258. The van der Waals surface area contributed by atoms with Crippen molar-refractivity contribution in [2.24, 2.45) is 0 Å². The zero-order valence-corrected chi connectivity index (χ0v) is 10.3. The number of pyridine rings is 1. The van der Waals surface area contributed by atoms with E-state index in [2.05, 4.69) is 10.3 Å². The van der Waals surface area contributed by atoms with Gasteiger partial charge < -0.3 is 5.32 Å². The Morgan fingerprint density at radius 1 is 1.61 bits per heavy atom. The lowest BCUT2D eigenvalue weighted by molar-refractivity contribution is -0.385. The van der Waals surface area contributed by atoms with Crippen LogP contribution >= 0.6 is 0 Å². The average Bonchev–Trinajstić information content (AvgIpc) is 2.30. The molecule has 6 nitrogen and oxygen atoms in total. The number of hydrogen-bond acceptors (Lipinski definition) is 4. The van der Waals surface area contributed by atoms with E-state index in [4.69, 9.17) is 0 Å². The van der Waals surface area contributed by atoms with E-state index in [1.54, 1.807) is 13.0 Å². The smallest absolute Gasteiger partial charge is 0.288 e. The number of nitro groups is 1. The Morgan fingerprint density at radius 2 is 2.33 bits per heavy atom. The van der Waals surface area contributed by atoms with Gasteiger partial charge in [-0.1, -0.05) is 12.2 Å². The molecule has 0 fully saturated rings. The summed E-state index contributed by atoms with van der Waals surface area (Å²) in [4.78, 5) is 24.7. The molecule has 1 heterocycles. The second-order valence-electron chi connectivity index (χ2n) is 3.80. The van der Waals surface area contributed by atoms with Gasteiger partial charge in [-0.2, -0.15) is 0 Å². The first-order valence-electron chi connectivity index (χ1n) is 5.52. The Labute approximate surface area is 105 Å². The largest absolute Gasteiger partial charge is 0.356 e. The fourth-order valence-electron chi connectivity index (χ4n) is 1.35. The highest BCUT2D eigenvalue weighted by Crippen LogP contribution is 2.15. The molecule has 0 atom stereocenters. The minimum Gasteiger partial charge on any atom is -0.356 e. The molecule has 0 saturated heterocycles. The molecule has 0 saturated carbocycles. The van der Waals surface area contributed by atoms with Gasteiger partial charge in [-0.05, 0) is 13.3 Å². The van der Waals surface area contributed by atoms with Crippen molar-refractivity contribution in [3.63, 3.8) is 0 Å². The van der Waals surface area contributed by atoms with Crippen LogP contribution in [0.5, 0.6) is 0 Å². The standard InChI is InChI=1S/C12H15N3O3/c1-9-11(5-3-4-6-13-10(2)16)7-12(8-14-9)15(17)18/h3,5,7-8H,4,6H2,1-2H3,(H,13,16). The van der Waals surface area contributed by atoms with E-state index in [-0.39, 0.29) is 11.6 Å². The zero-order chi connectivity index (χ0) is 13.5. The summed E-state index contributed by atoms with van der Waals surface area (Å²) in [6.45, 7) is 3.79. The van der Waals surface area contributed by atoms with Crippen molar-refractivity contribution in [3.8, 4) is 0 Å². The van der Waals surface area contributed by atoms with E-state index in [0.717, 1.165) is 5.69 Å². The molecular weight excluding hydrogens is 234 g/mol. The molecule has 6 heteroatoms. The van der Waals surface area contributed by atoms with Crippen LogP contribution in [0.1, 0.15) is 24.6 Å². The molecule has 0 spiro atoms. The number of aromatic nitrogens is 1. The minimum atomic E-state index is -0.471. The van der Waals surface area contributed by atoms with Gasteiger partial charge in [-0.15, -0.1) is 0 Å². The van der Waals surface area contributed by atoms with E-state index in [1.165, 1.54) is 19.2 Å². The van der Waals surface area contributed by atoms with Crippen LogP contribution in [0.3, 0.4) is 0 Å². The van der Waals surface area contributed by atoms with Crippen LogP contribution in [-0.4, -0.2) is 22.4 Å². The Morgan fingerprint density at radius 3 is 2.94 bits per heavy atom. The van der Waals surface area contributed by atoms with Crippen molar-refractivity contribution in [3.05, 3.63) is 39.7 Å². The maximum atomic E-state index is 10.6. The lowest BCUT2D eigenvalue weighted by Gasteiger charge is -2.00. The van der Waals surface area contributed by atoms with E-state index in [9.17, 15) is 14.9 Å². The maximum Gasteiger partial charge on any atom is 0.288 e. The summed E-state index contributed by atoms with van der Waals surface area (Å²) in [6.07, 6.45) is 5.53. The summed E-state index contributed by atoms with van der Waals surface area (Å²) >= 11 is 0.